The van der Waals surface area contributed by atoms with Crippen LogP contribution in [0.25, 0.3) is 10.2 Å². The number of carbonyl (C=O) groups excluding carboxylic acids is 1. The third-order valence-electron chi connectivity index (χ3n) is 2.75. The second-order valence-corrected chi connectivity index (χ2v) is 5.26. The molecule has 4 nitrogen and oxygen atoms in total. The van der Waals surface area contributed by atoms with Crippen LogP contribution in [0.15, 0.2) is 42.5 Å². The van der Waals surface area contributed by atoms with Crippen LogP contribution in [0.4, 0.5) is 15.2 Å². The van der Waals surface area contributed by atoms with E-state index in [2.05, 4.69) is 10.3 Å². The van der Waals surface area contributed by atoms with E-state index in [-0.39, 0.29) is 5.91 Å². The quantitative estimate of drug-likeness (QED) is 0.760. The van der Waals surface area contributed by atoms with Gasteiger partial charge in [0.25, 0.3) is 5.91 Å². The van der Waals surface area contributed by atoms with E-state index in [4.69, 9.17) is 5.73 Å². The summed E-state index contributed by atoms with van der Waals surface area (Å²) in [5.74, 6) is -0.696. The van der Waals surface area contributed by atoms with Crippen molar-refractivity contribution in [2.75, 3.05) is 11.1 Å². The summed E-state index contributed by atoms with van der Waals surface area (Å²) in [6.45, 7) is 0. The number of benzene rings is 2. The number of hydrogen-bond acceptors (Lipinski definition) is 4. The fourth-order valence-corrected chi connectivity index (χ4v) is 2.63. The molecule has 0 unspecified atom stereocenters. The predicted molar refractivity (Wildman–Crippen MR) is 78.4 cm³/mol. The standard InChI is InChI=1S/C14H10FN3OS/c15-9-2-1-3-10(7-9)17-13(19)8-4-5-11-12(6-8)20-14(16)18-11/h1-7H,(H2,16,18)(H,17,19). The molecule has 3 aromatic rings. The van der Waals surface area contributed by atoms with Crippen molar-refractivity contribution in [2.24, 2.45) is 0 Å². The van der Waals surface area contributed by atoms with Gasteiger partial charge in [0.05, 0.1) is 10.2 Å². The first-order chi connectivity index (χ1) is 9.61. The SMILES string of the molecule is Nc1nc2ccc(C(=O)Nc3cccc(F)c3)cc2s1. The first-order valence-electron chi connectivity index (χ1n) is 5.85. The summed E-state index contributed by atoms with van der Waals surface area (Å²) in [5, 5.41) is 3.11. The van der Waals surface area contributed by atoms with Crippen LogP contribution in [-0.2, 0) is 0 Å². The molecular formula is C14H10FN3OS. The van der Waals surface area contributed by atoms with E-state index in [1.807, 2.05) is 0 Å². The first kappa shape index (κ1) is 12.6. The summed E-state index contributed by atoms with van der Waals surface area (Å²) in [7, 11) is 0. The molecule has 0 bridgehead atoms. The van der Waals surface area contributed by atoms with Crippen molar-refractivity contribution in [1.29, 1.82) is 0 Å². The van der Waals surface area contributed by atoms with Gasteiger partial charge in [0, 0.05) is 11.3 Å². The Labute approximate surface area is 118 Å². The third-order valence-corrected chi connectivity index (χ3v) is 3.60. The van der Waals surface area contributed by atoms with Crippen LogP contribution in [0.2, 0.25) is 0 Å². The number of carbonyl (C=O) groups is 1. The van der Waals surface area contributed by atoms with Crippen molar-refractivity contribution in [1.82, 2.24) is 4.98 Å². The molecule has 1 aromatic heterocycles. The van der Waals surface area contributed by atoms with Crippen molar-refractivity contribution in [2.45, 2.75) is 0 Å². The van der Waals surface area contributed by atoms with Crippen LogP contribution in [0, 0.1) is 5.82 Å². The average Bonchev–Trinajstić information content (AvgIpc) is 2.77. The van der Waals surface area contributed by atoms with Crippen LogP contribution in [0.3, 0.4) is 0 Å². The number of nitrogens with one attached hydrogen (secondary N) is 1. The van der Waals surface area contributed by atoms with Gasteiger partial charge < -0.3 is 11.1 Å². The molecule has 100 valence electrons. The van der Waals surface area contributed by atoms with E-state index >= 15 is 0 Å². The monoisotopic (exact) mass is 287 g/mol. The van der Waals surface area contributed by atoms with Gasteiger partial charge in [-0.15, -0.1) is 0 Å². The van der Waals surface area contributed by atoms with Gasteiger partial charge in [-0.25, -0.2) is 9.37 Å². The zero-order valence-corrected chi connectivity index (χ0v) is 11.1. The van der Waals surface area contributed by atoms with Gasteiger partial charge in [-0.3, -0.25) is 4.79 Å². The molecule has 0 saturated heterocycles. The summed E-state index contributed by atoms with van der Waals surface area (Å²) >= 11 is 1.32. The molecule has 1 heterocycles. The second kappa shape index (κ2) is 4.90. The molecule has 0 aliphatic carbocycles. The Hall–Kier alpha value is -2.47. The molecule has 0 atom stereocenters. The summed E-state index contributed by atoms with van der Waals surface area (Å²) in [5.41, 5.74) is 7.27. The number of rotatable bonds is 2. The Bertz CT molecular complexity index is 800. The number of thiazole rings is 1. The van der Waals surface area contributed by atoms with Crippen molar-refractivity contribution in [3.63, 3.8) is 0 Å². The molecule has 0 saturated carbocycles. The Morgan fingerprint density at radius 2 is 2.10 bits per heavy atom. The maximum absolute atomic E-state index is 13.1. The number of hydrogen-bond donors (Lipinski definition) is 2. The molecule has 3 N–H and O–H groups in total. The molecule has 20 heavy (non-hydrogen) atoms. The van der Waals surface area contributed by atoms with Crippen LogP contribution >= 0.6 is 11.3 Å². The van der Waals surface area contributed by atoms with Gasteiger partial charge in [0.2, 0.25) is 0 Å². The molecule has 0 aliphatic rings. The van der Waals surface area contributed by atoms with Gasteiger partial charge >= 0.3 is 0 Å². The largest absolute Gasteiger partial charge is 0.375 e. The molecule has 0 spiro atoms. The highest BCUT2D eigenvalue weighted by Gasteiger charge is 2.09. The zero-order chi connectivity index (χ0) is 14.1. The number of nitrogen functional groups attached to an aromatic ring is 1. The number of aromatic nitrogens is 1. The van der Waals surface area contributed by atoms with Crippen LogP contribution in [0.5, 0.6) is 0 Å². The summed E-state index contributed by atoms with van der Waals surface area (Å²) < 4.78 is 13.9. The zero-order valence-electron chi connectivity index (χ0n) is 10.3. The number of anilines is 2. The van der Waals surface area contributed by atoms with E-state index < -0.39 is 5.82 Å². The number of amides is 1. The minimum atomic E-state index is -0.395. The predicted octanol–water partition coefficient (Wildman–Crippen LogP) is 3.27. The van der Waals surface area contributed by atoms with E-state index in [1.165, 1.54) is 29.5 Å². The molecule has 0 radical (unpaired) electrons. The summed E-state index contributed by atoms with van der Waals surface area (Å²) in [4.78, 5) is 16.2. The van der Waals surface area contributed by atoms with Crippen LogP contribution in [-0.4, -0.2) is 10.9 Å². The fourth-order valence-electron chi connectivity index (χ4n) is 1.85. The highest BCUT2D eigenvalue weighted by atomic mass is 32.1. The number of nitrogens with two attached hydrogens (primary N) is 1. The highest BCUT2D eigenvalue weighted by Crippen LogP contribution is 2.25. The molecule has 0 aliphatic heterocycles. The Balaban J connectivity index is 1.88. The van der Waals surface area contributed by atoms with Gasteiger partial charge in [0.15, 0.2) is 5.13 Å². The minimum absolute atomic E-state index is 0.301. The van der Waals surface area contributed by atoms with Crippen molar-refractivity contribution in [3.05, 3.63) is 53.8 Å². The van der Waals surface area contributed by atoms with Crippen LogP contribution in [0.1, 0.15) is 10.4 Å². The van der Waals surface area contributed by atoms with Crippen molar-refractivity contribution >= 4 is 38.3 Å². The van der Waals surface area contributed by atoms with Crippen LogP contribution < -0.4 is 11.1 Å². The molecule has 6 heteroatoms. The molecule has 3 rings (SSSR count). The average molecular weight is 287 g/mol. The third kappa shape index (κ3) is 2.46. The maximum Gasteiger partial charge on any atom is 0.255 e. The first-order valence-corrected chi connectivity index (χ1v) is 6.66. The molecule has 1 amide bonds. The van der Waals surface area contributed by atoms with Crippen molar-refractivity contribution < 1.29 is 9.18 Å². The Morgan fingerprint density at radius 1 is 1.25 bits per heavy atom. The summed E-state index contributed by atoms with van der Waals surface area (Å²) in [6.07, 6.45) is 0. The maximum atomic E-state index is 13.1. The molecule has 2 aromatic carbocycles. The van der Waals surface area contributed by atoms with E-state index in [1.54, 1.807) is 24.3 Å². The number of halogens is 1. The Morgan fingerprint density at radius 3 is 2.90 bits per heavy atom. The lowest BCUT2D eigenvalue weighted by Gasteiger charge is -2.05. The minimum Gasteiger partial charge on any atom is -0.375 e. The van der Waals surface area contributed by atoms with E-state index in [0.29, 0.717) is 16.4 Å². The summed E-state index contributed by atoms with van der Waals surface area (Å²) in [6, 6.07) is 10.9. The van der Waals surface area contributed by atoms with Gasteiger partial charge in [-0.2, -0.15) is 0 Å². The smallest absolute Gasteiger partial charge is 0.255 e. The lowest BCUT2D eigenvalue weighted by Crippen LogP contribution is -2.11. The van der Waals surface area contributed by atoms with Gasteiger partial charge in [0.1, 0.15) is 5.82 Å². The van der Waals surface area contributed by atoms with E-state index in [0.717, 1.165) is 10.2 Å². The second-order valence-electron chi connectivity index (χ2n) is 4.20. The lowest BCUT2D eigenvalue weighted by molar-refractivity contribution is 0.102. The highest BCUT2D eigenvalue weighted by molar-refractivity contribution is 7.22. The topological polar surface area (TPSA) is 68.0 Å². The van der Waals surface area contributed by atoms with Gasteiger partial charge in [-0.05, 0) is 36.4 Å². The van der Waals surface area contributed by atoms with E-state index in [9.17, 15) is 9.18 Å². The Kier molecular flexibility index (Phi) is 3.08. The van der Waals surface area contributed by atoms with Crippen molar-refractivity contribution in [3.8, 4) is 0 Å². The number of fused-ring (bicyclic) bond motifs is 1. The number of nitrogens with zero attached hydrogens (tertiary/aromatic N) is 1. The molecule has 0 fully saturated rings. The van der Waals surface area contributed by atoms with Gasteiger partial charge in [-0.1, -0.05) is 17.4 Å². The lowest BCUT2D eigenvalue weighted by atomic mass is 10.2. The molecular weight excluding hydrogens is 277 g/mol. The fraction of sp³-hybridized carbons (Fsp3) is 0. The normalized spacial score (nSPS) is 10.7.